The molecule has 3 rings (SSSR count). The Morgan fingerprint density at radius 3 is 2.40 bits per heavy atom. The van der Waals surface area contributed by atoms with E-state index in [1.807, 2.05) is 18.2 Å². The van der Waals surface area contributed by atoms with Gasteiger partial charge >= 0.3 is 0 Å². The minimum Gasteiger partial charge on any atom is -0.300 e. The summed E-state index contributed by atoms with van der Waals surface area (Å²) in [5.74, 6) is 5.98. The zero-order valence-corrected chi connectivity index (χ0v) is 14.0. The van der Waals surface area contributed by atoms with E-state index in [0.717, 1.165) is 11.1 Å². The molecule has 0 atom stereocenters. The summed E-state index contributed by atoms with van der Waals surface area (Å²) in [6.45, 7) is 0. The van der Waals surface area contributed by atoms with Gasteiger partial charge in [-0.3, -0.25) is 4.79 Å². The largest absolute Gasteiger partial charge is 0.300 e. The quantitative estimate of drug-likeness (QED) is 0.435. The molecule has 2 heterocycles. The average Bonchev–Trinajstić information content (AvgIpc) is 2.67. The van der Waals surface area contributed by atoms with Crippen LogP contribution in [0.4, 0.5) is 0 Å². The van der Waals surface area contributed by atoms with Crippen molar-refractivity contribution < 1.29 is 0 Å². The van der Waals surface area contributed by atoms with E-state index in [0.29, 0.717) is 16.4 Å². The van der Waals surface area contributed by atoms with E-state index in [1.54, 1.807) is 30.8 Å². The highest BCUT2D eigenvalue weighted by Gasteiger charge is 2.12. The van der Waals surface area contributed by atoms with Crippen LogP contribution in [-0.2, 0) is 0 Å². The molecular formula is C18H11N5OS. The van der Waals surface area contributed by atoms with Crippen LogP contribution in [0.1, 0.15) is 16.7 Å². The molecule has 1 aromatic carbocycles. The molecule has 0 aliphatic rings. The van der Waals surface area contributed by atoms with Crippen LogP contribution in [0, 0.1) is 23.2 Å². The number of hydrogen-bond acceptors (Lipinski definition) is 6. The lowest BCUT2D eigenvalue weighted by atomic mass is 10.1. The molecule has 0 radical (unpaired) electrons. The third kappa shape index (κ3) is 3.74. The second kappa shape index (κ2) is 7.43. The van der Waals surface area contributed by atoms with Gasteiger partial charge in [0.1, 0.15) is 18.0 Å². The van der Waals surface area contributed by atoms with E-state index in [4.69, 9.17) is 0 Å². The molecule has 0 bridgehead atoms. The number of rotatable bonds is 2. The molecule has 0 saturated heterocycles. The number of thioether (sulfide) groups is 1. The fourth-order valence-electron chi connectivity index (χ4n) is 2.08. The maximum atomic E-state index is 12.0. The fourth-order valence-corrected chi connectivity index (χ4v) is 2.46. The number of benzene rings is 1. The van der Waals surface area contributed by atoms with Gasteiger partial charge in [0.25, 0.3) is 5.56 Å². The van der Waals surface area contributed by atoms with E-state index in [9.17, 15) is 10.1 Å². The predicted octanol–water partition coefficient (Wildman–Crippen LogP) is 2.22. The van der Waals surface area contributed by atoms with Gasteiger partial charge in [-0.1, -0.05) is 35.7 Å². The van der Waals surface area contributed by atoms with Crippen molar-refractivity contribution in [2.45, 2.75) is 5.16 Å². The molecule has 6 nitrogen and oxygen atoms in total. The monoisotopic (exact) mass is 345 g/mol. The lowest BCUT2D eigenvalue weighted by molar-refractivity contribution is 0.937. The zero-order valence-electron chi connectivity index (χ0n) is 13.1. The number of aromatic amines is 1. The fraction of sp³-hybridized carbons (Fsp3) is 0.0556. The molecular weight excluding hydrogens is 334 g/mol. The van der Waals surface area contributed by atoms with Crippen LogP contribution in [-0.4, -0.2) is 26.2 Å². The molecule has 0 spiro atoms. The van der Waals surface area contributed by atoms with Gasteiger partial charge in [0.05, 0.1) is 11.3 Å². The first-order chi connectivity index (χ1) is 12.2. The highest BCUT2D eigenvalue weighted by Crippen LogP contribution is 2.21. The van der Waals surface area contributed by atoms with Crippen LogP contribution >= 0.6 is 11.8 Å². The van der Waals surface area contributed by atoms with Crippen molar-refractivity contribution >= 4 is 11.8 Å². The Kier molecular flexibility index (Phi) is 4.89. The third-order valence-electron chi connectivity index (χ3n) is 3.27. The number of nitriles is 1. The third-order valence-corrected chi connectivity index (χ3v) is 3.85. The summed E-state index contributed by atoms with van der Waals surface area (Å²) in [5, 5.41) is 9.70. The first-order valence-corrected chi connectivity index (χ1v) is 8.39. The smallest absolute Gasteiger partial charge is 0.270 e. The van der Waals surface area contributed by atoms with Crippen molar-refractivity contribution in [3.63, 3.8) is 0 Å². The Bertz CT molecular complexity index is 1060. The van der Waals surface area contributed by atoms with Gasteiger partial charge in [-0.05, 0) is 18.4 Å². The lowest BCUT2D eigenvalue weighted by Gasteiger charge is -2.05. The summed E-state index contributed by atoms with van der Waals surface area (Å²) in [6.07, 6.45) is 6.53. The standard InChI is InChI=1S/C18H11N5OS/c1-25-18-22-16(15(8-19)17(24)23-18)14-6-4-12(5-7-14)2-3-13-9-20-11-21-10-13/h4-7,9-11H,1H3,(H,22,23,24). The number of nitrogens with zero attached hydrogens (tertiary/aromatic N) is 4. The molecule has 0 aliphatic heterocycles. The summed E-state index contributed by atoms with van der Waals surface area (Å²) in [6, 6.07) is 9.13. The average molecular weight is 345 g/mol. The predicted molar refractivity (Wildman–Crippen MR) is 94.8 cm³/mol. The van der Waals surface area contributed by atoms with Gasteiger partial charge in [-0.15, -0.1) is 0 Å². The van der Waals surface area contributed by atoms with Crippen molar-refractivity contribution in [3.8, 4) is 29.2 Å². The Hall–Kier alpha value is -3.42. The maximum Gasteiger partial charge on any atom is 0.270 e. The second-order valence-electron chi connectivity index (χ2n) is 4.87. The van der Waals surface area contributed by atoms with E-state index in [2.05, 4.69) is 31.8 Å². The van der Waals surface area contributed by atoms with Crippen LogP contribution in [0.5, 0.6) is 0 Å². The molecule has 120 valence electrons. The number of aromatic nitrogens is 4. The van der Waals surface area contributed by atoms with Gasteiger partial charge in [0.2, 0.25) is 0 Å². The van der Waals surface area contributed by atoms with Crippen LogP contribution in [0.2, 0.25) is 0 Å². The van der Waals surface area contributed by atoms with Crippen molar-refractivity contribution in [2.75, 3.05) is 6.26 Å². The van der Waals surface area contributed by atoms with Crippen molar-refractivity contribution in [1.82, 2.24) is 19.9 Å². The molecule has 0 unspecified atom stereocenters. The number of hydrogen-bond donors (Lipinski definition) is 1. The molecule has 25 heavy (non-hydrogen) atoms. The summed E-state index contributed by atoms with van der Waals surface area (Å²) in [7, 11) is 0. The normalized spacial score (nSPS) is 9.76. The highest BCUT2D eigenvalue weighted by molar-refractivity contribution is 7.98. The molecule has 0 saturated carbocycles. The van der Waals surface area contributed by atoms with Gasteiger partial charge in [0, 0.05) is 23.5 Å². The summed E-state index contributed by atoms with van der Waals surface area (Å²) in [5.41, 5.74) is 2.13. The van der Waals surface area contributed by atoms with E-state index in [1.165, 1.54) is 18.1 Å². The van der Waals surface area contributed by atoms with E-state index < -0.39 is 5.56 Å². The van der Waals surface area contributed by atoms with Crippen LogP contribution in [0.3, 0.4) is 0 Å². The molecule has 0 fully saturated rings. The molecule has 1 N–H and O–H groups in total. The zero-order chi connectivity index (χ0) is 17.6. The molecule has 3 aromatic rings. The van der Waals surface area contributed by atoms with Crippen LogP contribution in [0.25, 0.3) is 11.3 Å². The van der Waals surface area contributed by atoms with Gasteiger partial charge < -0.3 is 4.98 Å². The van der Waals surface area contributed by atoms with Crippen molar-refractivity contribution in [2.24, 2.45) is 0 Å². The lowest BCUT2D eigenvalue weighted by Crippen LogP contribution is -2.14. The Morgan fingerprint density at radius 2 is 1.76 bits per heavy atom. The highest BCUT2D eigenvalue weighted by atomic mass is 32.2. The minimum atomic E-state index is -0.440. The van der Waals surface area contributed by atoms with Crippen molar-refractivity contribution in [1.29, 1.82) is 5.26 Å². The number of nitrogens with one attached hydrogen (secondary N) is 1. The summed E-state index contributed by atoms with van der Waals surface area (Å²) >= 11 is 1.31. The van der Waals surface area contributed by atoms with Crippen molar-refractivity contribution in [3.05, 3.63) is 70.0 Å². The SMILES string of the molecule is CSc1nc(-c2ccc(C#Cc3cncnc3)cc2)c(C#N)c(=O)[nH]1. The molecule has 2 aromatic heterocycles. The topological polar surface area (TPSA) is 95.3 Å². The second-order valence-corrected chi connectivity index (χ2v) is 5.66. The Balaban J connectivity index is 1.96. The van der Waals surface area contributed by atoms with Crippen LogP contribution < -0.4 is 5.56 Å². The van der Waals surface area contributed by atoms with E-state index in [-0.39, 0.29) is 5.56 Å². The summed E-state index contributed by atoms with van der Waals surface area (Å²) in [4.78, 5) is 26.7. The Morgan fingerprint density at radius 1 is 1.08 bits per heavy atom. The first-order valence-electron chi connectivity index (χ1n) is 7.17. The van der Waals surface area contributed by atoms with Gasteiger partial charge in [-0.25, -0.2) is 15.0 Å². The number of H-pyrrole nitrogens is 1. The van der Waals surface area contributed by atoms with E-state index >= 15 is 0 Å². The van der Waals surface area contributed by atoms with Gasteiger partial charge in [-0.2, -0.15) is 5.26 Å². The molecule has 0 amide bonds. The maximum absolute atomic E-state index is 12.0. The van der Waals surface area contributed by atoms with Gasteiger partial charge in [0.15, 0.2) is 5.16 Å². The van der Waals surface area contributed by atoms with Crippen LogP contribution in [0.15, 0.2) is 52.9 Å². The summed E-state index contributed by atoms with van der Waals surface area (Å²) < 4.78 is 0. The first kappa shape index (κ1) is 16.4. The molecule has 7 heteroatoms. The minimum absolute atomic E-state index is 0.00179. The Labute approximate surface area is 148 Å². The molecule has 0 aliphatic carbocycles.